The third-order valence-electron chi connectivity index (χ3n) is 6.13. The fraction of sp³-hybridized carbons (Fsp3) is 0.421. The van der Waals surface area contributed by atoms with Gasteiger partial charge in [-0.05, 0) is 54.5 Å². The molecule has 3 heteroatoms. The standard InChI is InChI=1S/C19H20N2O/c22-14-7-13-8-16-17-9-12-3-1-2-4-15(12)19(16,5-6-20-17)10-18(13)21-11-14/h1-4,7,11,16-17,20,22H,5-6,8-10H2/t16-,17+,19+/m0/s1. The van der Waals surface area contributed by atoms with E-state index >= 15 is 0 Å². The SMILES string of the molecule is Oc1cnc2c(c1)C[C@H]1[C@H]3Cc4ccccc4[C@@]1(CCN3)C2. The largest absolute Gasteiger partial charge is 0.506 e. The van der Waals surface area contributed by atoms with E-state index in [1.807, 2.05) is 6.07 Å². The Labute approximate surface area is 130 Å². The summed E-state index contributed by atoms with van der Waals surface area (Å²) in [4.78, 5) is 4.55. The molecule has 0 saturated carbocycles. The number of pyridine rings is 1. The van der Waals surface area contributed by atoms with Gasteiger partial charge < -0.3 is 10.4 Å². The molecule has 1 aromatic heterocycles. The summed E-state index contributed by atoms with van der Waals surface area (Å²) in [5.41, 5.74) is 5.73. The maximum absolute atomic E-state index is 9.77. The predicted molar refractivity (Wildman–Crippen MR) is 85.0 cm³/mol. The maximum atomic E-state index is 9.77. The summed E-state index contributed by atoms with van der Waals surface area (Å²) < 4.78 is 0. The molecule has 1 aliphatic heterocycles. The van der Waals surface area contributed by atoms with Crippen LogP contribution in [0.15, 0.2) is 36.5 Å². The smallest absolute Gasteiger partial charge is 0.134 e. The molecule has 0 spiro atoms. The van der Waals surface area contributed by atoms with Crippen LogP contribution >= 0.6 is 0 Å². The summed E-state index contributed by atoms with van der Waals surface area (Å²) in [7, 11) is 0. The molecule has 3 aliphatic rings. The first kappa shape index (κ1) is 12.7. The summed E-state index contributed by atoms with van der Waals surface area (Å²) in [6.07, 6.45) is 5.96. The van der Waals surface area contributed by atoms with Crippen LogP contribution in [0.25, 0.3) is 0 Å². The number of aromatic nitrogens is 1. The predicted octanol–water partition coefficient (Wildman–Crippen LogP) is 2.36. The van der Waals surface area contributed by atoms with Crippen LogP contribution in [0.2, 0.25) is 0 Å². The Morgan fingerprint density at radius 1 is 1.18 bits per heavy atom. The van der Waals surface area contributed by atoms with Gasteiger partial charge in [0.1, 0.15) is 5.75 Å². The highest BCUT2D eigenvalue weighted by atomic mass is 16.3. The van der Waals surface area contributed by atoms with Gasteiger partial charge in [-0.2, -0.15) is 0 Å². The van der Waals surface area contributed by atoms with E-state index < -0.39 is 0 Å². The molecular weight excluding hydrogens is 272 g/mol. The highest BCUT2D eigenvalue weighted by molar-refractivity contribution is 5.46. The van der Waals surface area contributed by atoms with Gasteiger partial charge in [0, 0.05) is 23.6 Å². The summed E-state index contributed by atoms with van der Waals surface area (Å²) in [6.45, 7) is 1.10. The zero-order chi connectivity index (χ0) is 14.7. The van der Waals surface area contributed by atoms with Gasteiger partial charge in [-0.1, -0.05) is 24.3 Å². The van der Waals surface area contributed by atoms with Crippen LogP contribution in [-0.4, -0.2) is 22.7 Å². The quantitative estimate of drug-likeness (QED) is 0.783. The van der Waals surface area contributed by atoms with E-state index in [2.05, 4.69) is 34.6 Å². The number of hydrogen-bond donors (Lipinski definition) is 2. The van der Waals surface area contributed by atoms with Crippen LogP contribution in [0.3, 0.4) is 0 Å². The first-order valence-corrected chi connectivity index (χ1v) is 8.25. The van der Waals surface area contributed by atoms with Gasteiger partial charge in [-0.3, -0.25) is 4.98 Å². The minimum Gasteiger partial charge on any atom is -0.506 e. The van der Waals surface area contributed by atoms with E-state index in [9.17, 15) is 5.11 Å². The van der Waals surface area contributed by atoms with Gasteiger partial charge in [0.2, 0.25) is 0 Å². The van der Waals surface area contributed by atoms with Crippen molar-refractivity contribution in [1.82, 2.24) is 10.3 Å². The number of hydrogen-bond acceptors (Lipinski definition) is 3. The van der Waals surface area contributed by atoms with Gasteiger partial charge in [0.25, 0.3) is 0 Å². The number of fused-ring (bicyclic) bond motifs is 2. The molecule has 1 fully saturated rings. The van der Waals surface area contributed by atoms with E-state index in [-0.39, 0.29) is 5.41 Å². The molecule has 2 aromatic rings. The molecule has 22 heavy (non-hydrogen) atoms. The summed E-state index contributed by atoms with van der Waals surface area (Å²) in [5, 5.41) is 13.5. The highest BCUT2D eigenvalue weighted by Gasteiger charge is 2.52. The van der Waals surface area contributed by atoms with Crippen molar-refractivity contribution in [1.29, 1.82) is 0 Å². The van der Waals surface area contributed by atoms with Crippen molar-refractivity contribution in [2.75, 3.05) is 6.54 Å². The number of aromatic hydroxyl groups is 1. The molecule has 5 rings (SSSR count). The number of nitrogens with zero attached hydrogens (tertiary/aromatic N) is 1. The third kappa shape index (κ3) is 1.57. The second-order valence-electron chi connectivity index (χ2n) is 7.11. The lowest BCUT2D eigenvalue weighted by Gasteiger charge is -2.55. The second kappa shape index (κ2) is 4.32. The van der Waals surface area contributed by atoms with E-state index in [4.69, 9.17) is 0 Å². The Bertz CT molecular complexity index is 757. The zero-order valence-electron chi connectivity index (χ0n) is 12.5. The van der Waals surface area contributed by atoms with Crippen LogP contribution in [0.1, 0.15) is 28.8 Å². The second-order valence-corrected chi connectivity index (χ2v) is 7.11. The molecule has 3 nitrogen and oxygen atoms in total. The number of piperidine rings is 1. The molecule has 2 aliphatic carbocycles. The molecular formula is C19H20N2O. The molecule has 1 aromatic carbocycles. The molecule has 0 unspecified atom stereocenters. The lowest BCUT2D eigenvalue weighted by molar-refractivity contribution is 0.113. The fourth-order valence-electron chi connectivity index (χ4n) is 5.21. The Hall–Kier alpha value is -1.87. The molecule has 0 radical (unpaired) electrons. The van der Waals surface area contributed by atoms with Gasteiger partial charge >= 0.3 is 0 Å². The van der Waals surface area contributed by atoms with Crippen molar-refractivity contribution < 1.29 is 5.11 Å². The highest BCUT2D eigenvalue weighted by Crippen LogP contribution is 2.52. The van der Waals surface area contributed by atoms with Gasteiger partial charge in [0.15, 0.2) is 0 Å². The van der Waals surface area contributed by atoms with Gasteiger partial charge in [-0.25, -0.2) is 0 Å². The third-order valence-corrected chi connectivity index (χ3v) is 6.13. The van der Waals surface area contributed by atoms with Crippen LogP contribution in [0.5, 0.6) is 5.75 Å². The topological polar surface area (TPSA) is 45.2 Å². The Kier molecular flexibility index (Phi) is 2.49. The molecule has 112 valence electrons. The van der Waals surface area contributed by atoms with E-state index in [0.29, 0.717) is 17.7 Å². The van der Waals surface area contributed by atoms with Crippen molar-refractivity contribution in [2.45, 2.75) is 37.1 Å². The first-order chi connectivity index (χ1) is 10.8. The molecule has 2 N–H and O–H groups in total. The minimum atomic E-state index is 0.238. The van der Waals surface area contributed by atoms with Gasteiger partial charge in [-0.15, -0.1) is 0 Å². The molecule has 0 amide bonds. The Balaban J connectivity index is 1.72. The number of nitrogens with one attached hydrogen (secondary N) is 1. The summed E-state index contributed by atoms with van der Waals surface area (Å²) in [5.74, 6) is 0.913. The number of rotatable bonds is 0. The van der Waals surface area contributed by atoms with Crippen molar-refractivity contribution in [2.24, 2.45) is 5.92 Å². The Morgan fingerprint density at radius 2 is 2.09 bits per heavy atom. The fourth-order valence-corrected chi connectivity index (χ4v) is 5.21. The zero-order valence-corrected chi connectivity index (χ0v) is 12.5. The minimum absolute atomic E-state index is 0.238. The number of benzene rings is 1. The van der Waals surface area contributed by atoms with Crippen molar-refractivity contribution >= 4 is 0 Å². The normalized spacial score (nSPS) is 31.8. The van der Waals surface area contributed by atoms with Crippen molar-refractivity contribution in [3.05, 3.63) is 58.9 Å². The van der Waals surface area contributed by atoms with E-state index in [1.54, 1.807) is 11.8 Å². The first-order valence-electron chi connectivity index (χ1n) is 8.25. The van der Waals surface area contributed by atoms with Crippen molar-refractivity contribution in [3.63, 3.8) is 0 Å². The van der Waals surface area contributed by atoms with Gasteiger partial charge in [0.05, 0.1) is 6.20 Å². The Morgan fingerprint density at radius 3 is 3.05 bits per heavy atom. The molecule has 1 saturated heterocycles. The lowest BCUT2D eigenvalue weighted by Crippen LogP contribution is -2.61. The van der Waals surface area contributed by atoms with Crippen LogP contribution in [0, 0.1) is 5.92 Å². The average molecular weight is 292 g/mol. The molecule has 2 bridgehead atoms. The summed E-state index contributed by atoms with van der Waals surface area (Å²) in [6, 6.07) is 11.5. The van der Waals surface area contributed by atoms with Crippen LogP contribution in [-0.2, 0) is 24.7 Å². The van der Waals surface area contributed by atoms with Crippen LogP contribution < -0.4 is 5.32 Å². The average Bonchev–Trinajstić information content (AvgIpc) is 2.53. The van der Waals surface area contributed by atoms with Crippen molar-refractivity contribution in [3.8, 4) is 5.75 Å². The molecule has 3 atom stereocenters. The lowest BCUT2D eigenvalue weighted by atomic mass is 9.52. The maximum Gasteiger partial charge on any atom is 0.134 e. The van der Waals surface area contributed by atoms with Crippen LogP contribution in [0.4, 0.5) is 0 Å². The molecule has 2 heterocycles. The van der Waals surface area contributed by atoms with E-state index in [1.165, 1.54) is 23.2 Å². The summed E-state index contributed by atoms with van der Waals surface area (Å²) >= 11 is 0. The monoisotopic (exact) mass is 292 g/mol. The van der Waals surface area contributed by atoms with E-state index in [0.717, 1.165) is 25.8 Å².